The first kappa shape index (κ1) is 15.9. The molecular formula is C19H19N3O3. The molecule has 0 spiro atoms. The van der Waals surface area contributed by atoms with E-state index in [4.69, 9.17) is 0 Å². The van der Waals surface area contributed by atoms with Gasteiger partial charge in [0.15, 0.2) is 0 Å². The number of rotatable bonds is 1. The molecule has 3 amide bonds. The highest BCUT2D eigenvalue weighted by Crippen LogP contribution is 2.28. The molecule has 128 valence electrons. The fraction of sp³-hybridized carbons (Fsp3) is 0.421. The SMILES string of the molecule is CN1CC(C#Cc2ccc3c(c2)CN(C2CCC(=O)NC2=O)C3=O)C1. The van der Waals surface area contributed by atoms with Gasteiger partial charge in [0, 0.05) is 43.1 Å². The summed E-state index contributed by atoms with van der Waals surface area (Å²) in [6.07, 6.45) is 0.648. The Morgan fingerprint density at radius 2 is 2.00 bits per heavy atom. The van der Waals surface area contributed by atoms with Gasteiger partial charge in [-0.3, -0.25) is 19.7 Å². The Morgan fingerprint density at radius 1 is 1.20 bits per heavy atom. The van der Waals surface area contributed by atoms with Crippen LogP contribution in [0.2, 0.25) is 0 Å². The molecule has 1 N–H and O–H groups in total. The lowest BCUT2D eigenvalue weighted by Crippen LogP contribution is -2.52. The molecule has 3 aliphatic rings. The highest BCUT2D eigenvalue weighted by molar-refractivity contribution is 6.05. The van der Waals surface area contributed by atoms with Crippen LogP contribution in [0.15, 0.2) is 18.2 Å². The van der Waals surface area contributed by atoms with Crippen molar-refractivity contribution in [2.24, 2.45) is 5.92 Å². The number of carbonyl (C=O) groups is 3. The van der Waals surface area contributed by atoms with Crippen molar-refractivity contribution >= 4 is 17.7 Å². The van der Waals surface area contributed by atoms with Crippen molar-refractivity contribution in [1.82, 2.24) is 15.1 Å². The second kappa shape index (κ2) is 6.01. The van der Waals surface area contributed by atoms with Crippen LogP contribution in [0.3, 0.4) is 0 Å². The normalized spacial score (nSPS) is 23.6. The molecule has 1 aromatic carbocycles. The molecule has 0 radical (unpaired) electrons. The van der Waals surface area contributed by atoms with Crippen LogP contribution in [0.5, 0.6) is 0 Å². The van der Waals surface area contributed by atoms with Crippen LogP contribution < -0.4 is 5.32 Å². The zero-order valence-corrected chi connectivity index (χ0v) is 14.0. The van der Waals surface area contributed by atoms with E-state index in [9.17, 15) is 14.4 Å². The number of benzene rings is 1. The number of hydrogen-bond donors (Lipinski definition) is 1. The molecule has 4 rings (SSSR count). The van der Waals surface area contributed by atoms with Gasteiger partial charge < -0.3 is 9.80 Å². The number of nitrogens with one attached hydrogen (secondary N) is 1. The molecule has 1 aromatic rings. The molecule has 0 saturated carbocycles. The van der Waals surface area contributed by atoms with Crippen LogP contribution in [0.1, 0.15) is 34.3 Å². The summed E-state index contributed by atoms with van der Waals surface area (Å²) in [6, 6.07) is 5.02. The molecule has 0 aromatic heterocycles. The maximum absolute atomic E-state index is 12.6. The number of likely N-dealkylation sites (tertiary alicyclic amines) is 1. The van der Waals surface area contributed by atoms with Crippen molar-refractivity contribution in [2.45, 2.75) is 25.4 Å². The van der Waals surface area contributed by atoms with Crippen molar-refractivity contribution in [3.05, 3.63) is 34.9 Å². The van der Waals surface area contributed by atoms with Gasteiger partial charge in [0.2, 0.25) is 11.8 Å². The van der Waals surface area contributed by atoms with Gasteiger partial charge in [0.05, 0.1) is 0 Å². The van der Waals surface area contributed by atoms with Crippen LogP contribution in [0.4, 0.5) is 0 Å². The Balaban J connectivity index is 1.51. The van der Waals surface area contributed by atoms with E-state index in [2.05, 4.69) is 29.1 Å². The zero-order chi connectivity index (χ0) is 17.6. The van der Waals surface area contributed by atoms with Gasteiger partial charge in [-0.1, -0.05) is 11.8 Å². The van der Waals surface area contributed by atoms with Crippen LogP contribution in [-0.2, 0) is 16.1 Å². The standard InChI is InChI=1S/C19H19N3O3/c1-21-9-13(10-21)3-2-12-4-5-15-14(8-12)11-22(19(15)25)16-6-7-17(23)20-18(16)24/h4-5,8,13,16H,6-7,9-11H2,1H3,(H,20,23,24). The largest absolute Gasteiger partial charge is 0.322 e. The lowest BCUT2D eigenvalue weighted by atomic mass is 10.0. The van der Waals surface area contributed by atoms with Gasteiger partial charge in [-0.15, -0.1) is 0 Å². The second-order valence-corrected chi connectivity index (χ2v) is 6.96. The molecule has 6 nitrogen and oxygen atoms in total. The van der Waals surface area contributed by atoms with E-state index in [-0.39, 0.29) is 24.1 Å². The first-order valence-electron chi connectivity index (χ1n) is 8.49. The minimum Gasteiger partial charge on any atom is -0.322 e. The van der Waals surface area contributed by atoms with E-state index in [0.717, 1.165) is 24.2 Å². The third-order valence-corrected chi connectivity index (χ3v) is 5.01. The number of imide groups is 1. The zero-order valence-electron chi connectivity index (χ0n) is 14.0. The smallest absolute Gasteiger partial charge is 0.255 e. The first-order chi connectivity index (χ1) is 12.0. The Bertz CT molecular complexity index is 830. The molecule has 25 heavy (non-hydrogen) atoms. The number of hydrogen-bond acceptors (Lipinski definition) is 4. The van der Waals surface area contributed by atoms with Crippen molar-refractivity contribution < 1.29 is 14.4 Å². The van der Waals surface area contributed by atoms with Gasteiger partial charge >= 0.3 is 0 Å². The van der Waals surface area contributed by atoms with Gasteiger partial charge in [-0.25, -0.2) is 0 Å². The number of nitrogens with zero attached hydrogens (tertiary/aromatic N) is 2. The molecule has 2 fully saturated rings. The topological polar surface area (TPSA) is 69.7 Å². The molecule has 1 unspecified atom stereocenters. The number of amides is 3. The molecule has 6 heteroatoms. The fourth-order valence-electron chi connectivity index (χ4n) is 3.63. The average Bonchev–Trinajstić information content (AvgIpc) is 2.87. The summed E-state index contributed by atoms with van der Waals surface area (Å²) in [5, 5.41) is 2.32. The Labute approximate surface area is 146 Å². The maximum Gasteiger partial charge on any atom is 0.255 e. The van der Waals surface area contributed by atoms with Crippen molar-refractivity contribution in [2.75, 3.05) is 20.1 Å². The Hall–Kier alpha value is -2.65. The van der Waals surface area contributed by atoms with Crippen molar-refractivity contribution in [3.63, 3.8) is 0 Å². The highest BCUT2D eigenvalue weighted by Gasteiger charge is 2.39. The van der Waals surface area contributed by atoms with Gasteiger partial charge in [-0.2, -0.15) is 0 Å². The lowest BCUT2D eigenvalue weighted by molar-refractivity contribution is -0.136. The van der Waals surface area contributed by atoms with Crippen molar-refractivity contribution in [3.8, 4) is 11.8 Å². The summed E-state index contributed by atoms with van der Waals surface area (Å²) in [6.45, 7) is 2.39. The van der Waals surface area contributed by atoms with Gasteiger partial charge in [0.25, 0.3) is 5.91 Å². The molecular weight excluding hydrogens is 318 g/mol. The molecule has 1 atom stereocenters. The van der Waals surface area contributed by atoms with E-state index in [1.165, 1.54) is 0 Å². The summed E-state index contributed by atoms with van der Waals surface area (Å²) in [5.74, 6) is 6.06. The number of fused-ring (bicyclic) bond motifs is 1. The van der Waals surface area contributed by atoms with E-state index in [1.54, 1.807) is 11.0 Å². The summed E-state index contributed by atoms with van der Waals surface area (Å²) in [7, 11) is 2.07. The summed E-state index contributed by atoms with van der Waals surface area (Å²) < 4.78 is 0. The minimum atomic E-state index is -0.572. The lowest BCUT2D eigenvalue weighted by Gasteiger charge is -2.32. The van der Waals surface area contributed by atoms with Crippen molar-refractivity contribution in [1.29, 1.82) is 0 Å². The predicted molar refractivity (Wildman–Crippen MR) is 90.4 cm³/mol. The summed E-state index contributed by atoms with van der Waals surface area (Å²) in [4.78, 5) is 39.7. The quantitative estimate of drug-likeness (QED) is 0.593. The van der Waals surface area contributed by atoms with Gasteiger partial charge in [0.1, 0.15) is 6.04 Å². The monoisotopic (exact) mass is 337 g/mol. The highest BCUT2D eigenvalue weighted by atomic mass is 16.2. The van der Waals surface area contributed by atoms with E-state index < -0.39 is 6.04 Å². The average molecular weight is 337 g/mol. The molecule has 0 bridgehead atoms. The predicted octanol–water partition coefficient (Wildman–Crippen LogP) is 0.361. The van der Waals surface area contributed by atoms with E-state index in [1.807, 2.05) is 12.1 Å². The first-order valence-corrected chi connectivity index (χ1v) is 8.49. The molecule has 2 saturated heterocycles. The maximum atomic E-state index is 12.6. The molecule has 3 heterocycles. The van der Waals surface area contributed by atoms with E-state index >= 15 is 0 Å². The van der Waals surface area contributed by atoms with Gasteiger partial charge in [-0.05, 0) is 37.2 Å². The molecule has 3 aliphatic heterocycles. The minimum absolute atomic E-state index is 0.148. The Kier molecular flexibility index (Phi) is 3.81. The summed E-state index contributed by atoms with van der Waals surface area (Å²) in [5.41, 5.74) is 2.41. The third kappa shape index (κ3) is 2.92. The number of piperidine rings is 1. The molecule has 0 aliphatic carbocycles. The van der Waals surface area contributed by atoms with Crippen LogP contribution >= 0.6 is 0 Å². The summed E-state index contributed by atoms with van der Waals surface area (Å²) >= 11 is 0. The fourth-order valence-corrected chi connectivity index (χ4v) is 3.63. The van der Waals surface area contributed by atoms with Crippen LogP contribution in [-0.4, -0.2) is 53.7 Å². The third-order valence-electron chi connectivity index (χ3n) is 5.01. The van der Waals surface area contributed by atoms with Crippen LogP contribution in [0, 0.1) is 17.8 Å². The number of carbonyl (C=O) groups excluding carboxylic acids is 3. The second-order valence-electron chi connectivity index (χ2n) is 6.96. The van der Waals surface area contributed by atoms with E-state index in [0.29, 0.717) is 24.4 Å². The Morgan fingerprint density at radius 3 is 2.72 bits per heavy atom. The van der Waals surface area contributed by atoms with Crippen LogP contribution in [0.25, 0.3) is 0 Å².